The Kier molecular flexibility index (Phi) is 62.2. The normalized spacial score (nSPS) is 18.3. The molecule has 0 aromatic rings. The summed E-state index contributed by atoms with van der Waals surface area (Å²) in [7, 11) is 0. The van der Waals surface area contributed by atoms with Crippen molar-refractivity contribution in [3.8, 4) is 0 Å². The van der Waals surface area contributed by atoms with Crippen LogP contribution in [0.2, 0.25) is 0 Å². The van der Waals surface area contributed by atoms with Gasteiger partial charge in [-0.15, -0.1) is 0 Å². The van der Waals surface area contributed by atoms with Crippen LogP contribution in [-0.4, -0.2) is 87.5 Å². The number of ether oxygens (including phenoxy) is 2. The lowest BCUT2D eigenvalue weighted by molar-refractivity contribution is -0.302. The van der Waals surface area contributed by atoms with E-state index in [2.05, 4.69) is 55.6 Å². The van der Waals surface area contributed by atoms with Crippen molar-refractivity contribution in [2.24, 2.45) is 0 Å². The first kappa shape index (κ1) is 81.2. The molecular formula is C76H143NO8. The van der Waals surface area contributed by atoms with Gasteiger partial charge in [0, 0.05) is 6.42 Å². The molecule has 1 aliphatic rings. The van der Waals surface area contributed by atoms with Gasteiger partial charge >= 0.3 is 0 Å². The van der Waals surface area contributed by atoms with Gasteiger partial charge in [-0.25, -0.2) is 0 Å². The summed E-state index contributed by atoms with van der Waals surface area (Å²) in [6.45, 7) is 3.82. The van der Waals surface area contributed by atoms with Gasteiger partial charge in [0.2, 0.25) is 5.91 Å². The van der Waals surface area contributed by atoms with Crippen molar-refractivity contribution in [1.82, 2.24) is 5.32 Å². The molecule has 1 fully saturated rings. The molecule has 1 amide bonds. The number of hydrogen-bond acceptors (Lipinski definition) is 8. The summed E-state index contributed by atoms with van der Waals surface area (Å²) >= 11 is 0. The fourth-order valence-corrected chi connectivity index (χ4v) is 12.1. The first-order valence-electron chi connectivity index (χ1n) is 37.4. The Bertz CT molecular complexity index is 1480. The molecule has 1 heterocycles. The van der Waals surface area contributed by atoms with Crippen LogP contribution in [0.15, 0.2) is 48.6 Å². The Labute approximate surface area is 526 Å². The van der Waals surface area contributed by atoms with Gasteiger partial charge in [0.25, 0.3) is 0 Å². The maximum Gasteiger partial charge on any atom is 0.220 e. The summed E-state index contributed by atoms with van der Waals surface area (Å²) in [6, 6.07) is -0.806. The number of carbonyl (C=O) groups excluding carboxylic acids is 1. The lowest BCUT2D eigenvalue weighted by atomic mass is 9.99. The molecule has 85 heavy (non-hydrogen) atoms. The molecule has 1 aliphatic heterocycles. The Hall–Kier alpha value is -1.85. The van der Waals surface area contributed by atoms with Crippen LogP contribution < -0.4 is 5.32 Å². The van der Waals surface area contributed by atoms with Gasteiger partial charge in [-0.2, -0.15) is 0 Å². The van der Waals surface area contributed by atoms with Crippen LogP contribution >= 0.6 is 0 Å². The number of allylic oxidation sites excluding steroid dienone is 7. The third-order valence-electron chi connectivity index (χ3n) is 17.9. The molecule has 0 spiro atoms. The predicted octanol–water partition coefficient (Wildman–Crippen LogP) is 20.8. The van der Waals surface area contributed by atoms with E-state index in [-0.39, 0.29) is 12.5 Å². The number of nitrogens with one attached hydrogen (secondary N) is 1. The van der Waals surface area contributed by atoms with E-state index >= 15 is 0 Å². The number of rotatable bonds is 66. The number of unbranched alkanes of at least 4 members (excludes halogenated alkanes) is 50. The second-order valence-corrected chi connectivity index (χ2v) is 26.1. The average Bonchev–Trinajstić information content (AvgIpc) is 3.57. The molecule has 1 saturated heterocycles. The maximum absolute atomic E-state index is 13.1. The third kappa shape index (κ3) is 53.7. The van der Waals surface area contributed by atoms with Crippen LogP contribution in [0.3, 0.4) is 0 Å². The van der Waals surface area contributed by atoms with Crippen LogP contribution in [0.4, 0.5) is 0 Å². The zero-order valence-electron chi connectivity index (χ0n) is 56.1. The highest BCUT2D eigenvalue weighted by Crippen LogP contribution is 2.24. The number of hydrogen-bond donors (Lipinski definition) is 6. The van der Waals surface area contributed by atoms with Crippen LogP contribution in [0.25, 0.3) is 0 Å². The first-order valence-corrected chi connectivity index (χ1v) is 37.4. The second kappa shape index (κ2) is 65.1. The third-order valence-corrected chi connectivity index (χ3v) is 17.9. The lowest BCUT2D eigenvalue weighted by Gasteiger charge is -2.40. The minimum atomic E-state index is -1.57. The fourth-order valence-electron chi connectivity index (χ4n) is 12.1. The molecule has 9 nitrogen and oxygen atoms in total. The van der Waals surface area contributed by atoms with Crippen molar-refractivity contribution in [2.75, 3.05) is 13.2 Å². The minimum Gasteiger partial charge on any atom is -0.394 e. The van der Waals surface area contributed by atoms with Crippen molar-refractivity contribution < 1.29 is 39.8 Å². The van der Waals surface area contributed by atoms with Gasteiger partial charge < -0.3 is 40.3 Å². The number of aliphatic hydroxyl groups is 5. The summed E-state index contributed by atoms with van der Waals surface area (Å²) in [5.74, 6) is -0.169. The van der Waals surface area contributed by atoms with E-state index in [0.717, 1.165) is 51.4 Å². The maximum atomic E-state index is 13.1. The van der Waals surface area contributed by atoms with E-state index in [9.17, 15) is 30.3 Å². The molecule has 0 saturated carbocycles. The highest BCUT2D eigenvalue weighted by atomic mass is 16.7. The minimum absolute atomic E-state index is 0.169. The van der Waals surface area contributed by atoms with Crippen LogP contribution in [-0.2, 0) is 14.3 Å². The molecule has 0 aromatic heterocycles. The van der Waals surface area contributed by atoms with E-state index in [1.165, 1.54) is 302 Å². The highest BCUT2D eigenvalue weighted by molar-refractivity contribution is 5.76. The topological polar surface area (TPSA) is 149 Å². The summed E-state index contributed by atoms with van der Waals surface area (Å²) in [6.07, 6.45) is 82.3. The van der Waals surface area contributed by atoms with E-state index < -0.39 is 49.5 Å². The van der Waals surface area contributed by atoms with Crippen LogP contribution in [0.5, 0.6) is 0 Å². The van der Waals surface area contributed by atoms with Crippen molar-refractivity contribution in [3.05, 3.63) is 48.6 Å². The number of carbonyl (C=O) groups is 1. The standard InChI is InChI=1S/C76H143NO8/c1-3-5-7-9-11-13-15-17-19-21-23-25-27-29-30-31-32-33-34-35-36-37-38-39-40-42-44-46-48-50-52-54-56-58-60-62-64-66-72(80)77-69(68-84-76-75(83)74(82)73(81)71(67-78)85-76)70(79)65-63-61-59-57-55-53-51-49-47-45-43-41-28-26-24-22-20-18-16-14-12-10-8-6-4-2/h15,17,21,23,27,29,63,65,69-71,73-76,78-79,81-83H,3-14,16,18-20,22,24-26,28,30-62,64,66-68H2,1-2H3,(H,77,80)/b17-15-,23-21-,29-27-,65-63+. The summed E-state index contributed by atoms with van der Waals surface area (Å²) in [5.41, 5.74) is 0. The molecular weight excluding hydrogens is 1050 g/mol. The molecule has 0 radical (unpaired) electrons. The first-order chi connectivity index (χ1) is 41.8. The monoisotopic (exact) mass is 1200 g/mol. The average molecular weight is 1200 g/mol. The fraction of sp³-hybridized carbons (Fsp3) is 0.882. The molecule has 7 atom stereocenters. The summed E-state index contributed by atoms with van der Waals surface area (Å²) in [4.78, 5) is 13.1. The molecule has 1 rings (SSSR count). The molecule has 0 bridgehead atoms. The predicted molar refractivity (Wildman–Crippen MR) is 364 cm³/mol. The zero-order chi connectivity index (χ0) is 61.4. The summed E-state index contributed by atoms with van der Waals surface area (Å²) < 4.78 is 11.3. The highest BCUT2D eigenvalue weighted by Gasteiger charge is 2.44. The van der Waals surface area contributed by atoms with Crippen LogP contribution in [0.1, 0.15) is 373 Å². The van der Waals surface area contributed by atoms with Crippen molar-refractivity contribution in [1.29, 1.82) is 0 Å². The molecule has 0 aromatic carbocycles. The van der Waals surface area contributed by atoms with Crippen LogP contribution in [0, 0.1) is 0 Å². The molecule has 0 aliphatic carbocycles. The Morgan fingerprint density at radius 2 is 0.694 bits per heavy atom. The number of amides is 1. The SMILES string of the molecule is CCCCCCC/C=C\C/C=C\C/C=C\CCCCCCCCCCCCCCCCCCCCCCCCC(=O)NC(COC1OC(CO)C(O)C(O)C1O)C(O)/C=C/CCCCCCCCCCCCCCCCCCCCCCCCC. The summed E-state index contributed by atoms with van der Waals surface area (Å²) in [5, 5.41) is 54.8. The van der Waals surface area contributed by atoms with E-state index in [1.807, 2.05) is 6.08 Å². The van der Waals surface area contributed by atoms with Gasteiger partial charge in [-0.3, -0.25) is 4.79 Å². The molecule has 500 valence electrons. The van der Waals surface area contributed by atoms with E-state index in [4.69, 9.17) is 9.47 Å². The van der Waals surface area contributed by atoms with Crippen molar-refractivity contribution in [2.45, 2.75) is 416 Å². The lowest BCUT2D eigenvalue weighted by Crippen LogP contribution is -2.60. The van der Waals surface area contributed by atoms with Gasteiger partial charge in [0.05, 0.1) is 25.4 Å². The Morgan fingerprint density at radius 3 is 1.02 bits per heavy atom. The van der Waals surface area contributed by atoms with Crippen molar-refractivity contribution in [3.63, 3.8) is 0 Å². The Balaban J connectivity index is 2.08. The molecule has 9 heteroatoms. The molecule has 6 N–H and O–H groups in total. The van der Waals surface area contributed by atoms with Gasteiger partial charge in [0.1, 0.15) is 24.4 Å². The van der Waals surface area contributed by atoms with Gasteiger partial charge in [0.15, 0.2) is 6.29 Å². The quantitative estimate of drug-likeness (QED) is 0.0261. The van der Waals surface area contributed by atoms with Crippen molar-refractivity contribution >= 4 is 5.91 Å². The van der Waals surface area contributed by atoms with Gasteiger partial charge in [-0.1, -0.05) is 358 Å². The van der Waals surface area contributed by atoms with Gasteiger partial charge in [-0.05, 0) is 57.8 Å². The largest absolute Gasteiger partial charge is 0.394 e. The zero-order valence-corrected chi connectivity index (χ0v) is 56.1. The van der Waals surface area contributed by atoms with E-state index in [1.54, 1.807) is 6.08 Å². The molecule has 7 unspecified atom stereocenters. The Morgan fingerprint density at radius 1 is 0.400 bits per heavy atom. The number of aliphatic hydroxyl groups excluding tert-OH is 5. The smallest absolute Gasteiger partial charge is 0.220 e. The van der Waals surface area contributed by atoms with E-state index in [0.29, 0.717) is 6.42 Å². The second-order valence-electron chi connectivity index (χ2n) is 26.1.